The van der Waals surface area contributed by atoms with Crippen LogP contribution < -0.4 is 5.69 Å². The highest BCUT2D eigenvalue weighted by molar-refractivity contribution is 5.81. The first kappa shape index (κ1) is 11.7. The van der Waals surface area contributed by atoms with Crippen molar-refractivity contribution < 1.29 is 0 Å². The molecule has 0 radical (unpaired) electrons. The SMILES string of the molecule is CCn1ccn(Cc2ccnc3ccccc23)c1=O. The van der Waals surface area contributed by atoms with Gasteiger partial charge in [0.05, 0.1) is 12.1 Å². The zero-order chi connectivity index (χ0) is 13.2. The average Bonchev–Trinajstić information content (AvgIpc) is 2.80. The van der Waals surface area contributed by atoms with Crippen molar-refractivity contribution in [3.63, 3.8) is 0 Å². The van der Waals surface area contributed by atoms with Gasteiger partial charge in [0.1, 0.15) is 0 Å². The monoisotopic (exact) mass is 253 g/mol. The van der Waals surface area contributed by atoms with Gasteiger partial charge in [-0.1, -0.05) is 18.2 Å². The van der Waals surface area contributed by atoms with Crippen molar-refractivity contribution in [1.82, 2.24) is 14.1 Å². The van der Waals surface area contributed by atoms with E-state index in [9.17, 15) is 4.79 Å². The van der Waals surface area contributed by atoms with Crippen molar-refractivity contribution in [2.75, 3.05) is 0 Å². The van der Waals surface area contributed by atoms with Gasteiger partial charge in [0, 0.05) is 30.5 Å². The molecule has 0 amide bonds. The topological polar surface area (TPSA) is 39.8 Å². The first-order valence-corrected chi connectivity index (χ1v) is 6.38. The number of aromatic nitrogens is 3. The number of nitrogens with zero attached hydrogens (tertiary/aromatic N) is 3. The summed E-state index contributed by atoms with van der Waals surface area (Å²) < 4.78 is 3.43. The summed E-state index contributed by atoms with van der Waals surface area (Å²) in [4.78, 5) is 16.4. The Kier molecular flexibility index (Phi) is 2.91. The van der Waals surface area contributed by atoms with E-state index in [0.717, 1.165) is 16.5 Å². The number of hydrogen-bond donors (Lipinski definition) is 0. The molecular weight excluding hydrogens is 238 g/mol. The molecule has 0 unspecified atom stereocenters. The second kappa shape index (κ2) is 4.72. The van der Waals surface area contributed by atoms with Gasteiger partial charge in [-0.05, 0) is 24.6 Å². The third-order valence-corrected chi connectivity index (χ3v) is 3.34. The Morgan fingerprint density at radius 1 is 1.11 bits per heavy atom. The maximum absolute atomic E-state index is 12.1. The molecule has 19 heavy (non-hydrogen) atoms. The summed E-state index contributed by atoms with van der Waals surface area (Å²) >= 11 is 0. The number of rotatable bonds is 3. The lowest BCUT2D eigenvalue weighted by atomic mass is 10.1. The minimum Gasteiger partial charge on any atom is -0.300 e. The molecule has 0 atom stereocenters. The van der Waals surface area contributed by atoms with E-state index in [0.29, 0.717) is 13.1 Å². The Hall–Kier alpha value is -2.36. The van der Waals surface area contributed by atoms with Crippen LogP contribution in [0.1, 0.15) is 12.5 Å². The predicted octanol–water partition coefficient (Wildman–Crippen LogP) is 2.27. The summed E-state index contributed by atoms with van der Waals surface area (Å²) in [7, 11) is 0. The molecule has 2 aromatic heterocycles. The summed E-state index contributed by atoms with van der Waals surface area (Å²) in [5.41, 5.74) is 2.10. The van der Waals surface area contributed by atoms with Gasteiger partial charge in [0.25, 0.3) is 0 Å². The Morgan fingerprint density at radius 3 is 2.68 bits per heavy atom. The number of fused-ring (bicyclic) bond motifs is 1. The van der Waals surface area contributed by atoms with Crippen LogP contribution in [0.2, 0.25) is 0 Å². The van der Waals surface area contributed by atoms with Crippen molar-refractivity contribution in [2.45, 2.75) is 20.0 Å². The van der Waals surface area contributed by atoms with E-state index in [4.69, 9.17) is 0 Å². The number of benzene rings is 1. The molecule has 1 aromatic carbocycles. The molecule has 96 valence electrons. The van der Waals surface area contributed by atoms with Gasteiger partial charge in [-0.2, -0.15) is 0 Å². The van der Waals surface area contributed by atoms with Gasteiger partial charge in [-0.15, -0.1) is 0 Å². The molecule has 0 aliphatic carbocycles. The smallest absolute Gasteiger partial charge is 0.300 e. The number of para-hydroxylation sites is 1. The van der Waals surface area contributed by atoms with Crippen LogP contribution in [0, 0.1) is 0 Å². The molecule has 3 rings (SSSR count). The van der Waals surface area contributed by atoms with Crippen molar-refractivity contribution in [3.05, 3.63) is 65.0 Å². The van der Waals surface area contributed by atoms with E-state index in [1.54, 1.807) is 15.3 Å². The second-order valence-corrected chi connectivity index (χ2v) is 4.48. The zero-order valence-corrected chi connectivity index (χ0v) is 10.8. The van der Waals surface area contributed by atoms with Gasteiger partial charge in [-0.3, -0.25) is 14.1 Å². The van der Waals surface area contributed by atoms with Crippen LogP contribution >= 0.6 is 0 Å². The molecule has 4 heteroatoms. The minimum absolute atomic E-state index is 0.0309. The maximum Gasteiger partial charge on any atom is 0.328 e. The quantitative estimate of drug-likeness (QED) is 0.718. The van der Waals surface area contributed by atoms with Crippen LogP contribution in [0.4, 0.5) is 0 Å². The van der Waals surface area contributed by atoms with E-state index < -0.39 is 0 Å². The van der Waals surface area contributed by atoms with E-state index in [-0.39, 0.29) is 5.69 Å². The number of imidazole rings is 1. The van der Waals surface area contributed by atoms with E-state index in [1.165, 1.54) is 0 Å². The van der Waals surface area contributed by atoms with Gasteiger partial charge in [0.15, 0.2) is 0 Å². The molecule has 0 saturated heterocycles. The molecule has 0 spiro atoms. The van der Waals surface area contributed by atoms with Crippen LogP contribution in [-0.4, -0.2) is 14.1 Å². The Balaban J connectivity index is 2.06. The van der Waals surface area contributed by atoms with Gasteiger partial charge in [0.2, 0.25) is 0 Å². The highest BCUT2D eigenvalue weighted by Gasteiger charge is 2.05. The summed E-state index contributed by atoms with van der Waals surface area (Å²) in [6.45, 7) is 3.24. The highest BCUT2D eigenvalue weighted by Crippen LogP contribution is 2.16. The van der Waals surface area contributed by atoms with Crippen molar-refractivity contribution in [2.24, 2.45) is 0 Å². The largest absolute Gasteiger partial charge is 0.328 e. The zero-order valence-electron chi connectivity index (χ0n) is 10.8. The molecule has 0 saturated carbocycles. The number of aryl methyl sites for hydroxylation is 1. The summed E-state index contributed by atoms with van der Waals surface area (Å²) in [6.07, 6.45) is 5.45. The third-order valence-electron chi connectivity index (χ3n) is 3.34. The first-order valence-electron chi connectivity index (χ1n) is 6.38. The van der Waals surface area contributed by atoms with Crippen LogP contribution in [0.25, 0.3) is 10.9 Å². The normalized spacial score (nSPS) is 11.0. The van der Waals surface area contributed by atoms with Crippen LogP contribution in [0.5, 0.6) is 0 Å². The van der Waals surface area contributed by atoms with Crippen LogP contribution in [0.3, 0.4) is 0 Å². The second-order valence-electron chi connectivity index (χ2n) is 4.48. The maximum atomic E-state index is 12.1. The fraction of sp³-hybridized carbons (Fsp3) is 0.200. The molecule has 2 heterocycles. The molecule has 4 nitrogen and oxygen atoms in total. The molecule has 3 aromatic rings. The average molecular weight is 253 g/mol. The standard InChI is InChI=1S/C15H15N3O/c1-2-17-9-10-18(15(17)19)11-12-7-8-16-14-6-4-3-5-13(12)14/h3-10H,2,11H2,1H3. The number of hydrogen-bond acceptors (Lipinski definition) is 2. The molecule has 0 bridgehead atoms. The van der Waals surface area contributed by atoms with Crippen molar-refractivity contribution in [3.8, 4) is 0 Å². The van der Waals surface area contributed by atoms with Crippen molar-refractivity contribution >= 4 is 10.9 Å². The molecule has 0 N–H and O–H groups in total. The lowest BCUT2D eigenvalue weighted by Crippen LogP contribution is -2.23. The molecule has 0 fully saturated rings. The fourth-order valence-corrected chi connectivity index (χ4v) is 2.29. The summed E-state index contributed by atoms with van der Waals surface area (Å²) in [5, 5.41) is 1.10. The minimum atomic E-state index is 0.0309. The molecular formula is C15H15N3O. The Labute approximate surface area is 110 Å². The number of pyridine rings is 1. The highest BCUT2D eigenvalue weighted by atomic mass is 16.1. The molecule has 0 aliphatic heterocycles. The Morgan fingerprint density at radius 2 is 1.89 bits per heavy atom. The van der Waals surface area contributed by atoms with Gasteiger partial charge < -0.3 is 0 Å². The van der Waals surface area contributed by atoms with Crippen LogP contribution in [-0.2, 0) is 13.1 Å². The summed E-state index contributed by atoms with van der Waals surface area (Å²) in [5.74, 6) is 0. The van der Waals surface area contributed by atoms with Gasteiger partial charge >= 0.3 is 5.69 Å². The predicted molar refractivity (Wildman–Crippen MR) is 75.2 cm³/mol. The first-order chi connectivity index (χ1) is 9.29. The Bertz CT molecular complexity index is 765. The van der Waals surface area contributed by atoms with E-state index in [1.807, 2.05) is 49.6 Å². The van der Waals surface area contributed by atoms with Gasteiger partial charge in [-0.25, -0.2) is 4.79 Å². The third kappa shape index (κ3) is 2.05. The van der Waals surface area contributed by atoms with E-state index in [2.05, 4.69) is 4.98 Å². The lowest BCUT2D eigenvalue weighted by molar-refractivity contribution is 0.669. The summed E-state index contributed by atoms with van der Waals surface area (Å²) in [6, 6.07) is 9.96. The van der Waals surface area contributed by atoms with Crippen LogP contribution in [0.15, 0.2) is 53.7 Å². The van der Waals surface area contributed by atoms with E-state index >= 15 is 0 Å². The molecule has 0 aliphatic rings. The fourth-order valence-electron chi connectivity index (χ4n) is 2.29. The van der Waals surface area contributed by atoms with Crippen molar-refractivity contribution in [1.29, 1.82) is 0 Å². The lowest BCUT2D eigenvalue weighted by Gasteiger charge is -2.06.